The van der Waals surface area contributed by atoms with Gasteiger partial charge in [-0.3, -0.25) is 4.79 Å². The second-order valence-corrected chi connectivity index (χ2v) is 3.75. The quantitative estimate of drug-likeness (QED) is 0.780. The van der Waals surface area contributed by atoms with E-state index in [1.54, 1.807) is 6.33 Å². The van der Waals surface area contributed by atoms with Crippen molar-refractivity contribution in [2.45, 2.75) is 19.8 Å². The SMILES string of the molecule is CCCC(=O)O.Cn1cnc2cc(N)ccc21. The molecule has 0 radical (unpaired) electrons. The van der Waals surface area contributed by atoms with Crippen LogP contribution in [0.1, 0.15) is 19.8 Å². The van der Waals surface area contributed by atoms with E-state index in [9.17, 15) is 4.79 Å². The molecular formula is C12H17N3O2. The molecule has 0 aliphatic heterocycles. The molecule has 2 aromatic rings. The van der Waals surface area contributed by atoms with E-state index in [1.807, 2.05) is 36.7 Å². The Morgan fingerprint density at radius 2 is 2.24 bits per heavy atom. The molecule has 92 valence electrons. The summed E-state index contributed by atoms with van der Waals surface area (Å²) in [6, 6.07) is 5.72. The van der Waals surface area contributed by atoms with Gasteiger partial charge in [0.25, 0.3) is 0 Å². The molecule has 1 aromatic heterocycles. The number of nitrogens with two attached hydrogens (primary N) is 1. The predicted octanol–water partition coefficient (Wildman–Crippen LogP) is 2.03. The highest BCUT2D eigenvalue weighted by molar-refractivity contribution is 5.78. The van der Waals surface area contributed by atoms with Crippen LogP contribution < -0.4 is 5.73 Å². The Kier molecular flexibility index (Phi) is 4.51. The molecule has 0 saturated heterocycles. The predicted molar refractivity (Wildman–Crippen MR) is 67.7 cm³/mol. The molecule has 0 atom stereocenters. The number of imidazole rings is 1. The normalized spacial score (nSPS) is 9.76. The molecule has 0 unspecified atom stereocenters. The zero-order chi connectivity index (χ0) is 12.8. The summed E-state index contributed by atoms with van der Waals surface area (Å²) in [5, 5.41) is 7.91. The minimum Gasteiger partial charge on any atom is -0.481 e. The third-order valence-electron chi connectivity index (χ3n) is 2.21. The first-order valence-corrected chi connectivity index (χ1v) is 5.43. The van der Waals surface area contributed by atoms with Gasteiger partial charge in [-0.25, -0.2) is 4.98 Å². The number of carboxylic acids is 1. The van der Waals surface area contributed by atoms with E-state index in [0.717, 1.165) is 23.1 Å². The average molecular weight is 235 g/mol. The molecule has 3 N–H and O–H groups in total. The fourth-order valence-electron chi connectivity index (χ4n) is 1.37. The van der Waals surface area contributed by atoms with Gasteiger partial charge in [-0.2, -0.15) is 0 Å². The summed E-state index contributed by atoms with van der Waals surface area (Å²) in [6.07, 6.45) is 2.80. The van der Waals surface area contributed by atoms with Gasteiger partial charge in [-0.1, -0.05) is 6.92 Å². The first kappa shape index (κ1) is 13.0. The minimum absolute atomic E-state index is 0.292. The van der Waals surface area contributed by atoms with Crippen molar-refractivity contribution in [3.8, 4) is 0 Å². The standard InChI is InChI=1S/C8H9N3.C4H8O2/c1-11-5-10-7-4-6(9)2-3-8(7)11;1-2-3-4(5)6/h2-5H,9H2,1H3;2-3H2,1H3,(H,5,6). The second-order valence-electron chi connectivity index (χ2n) is 3.75. The van der Waals surface area contributed by atoms with Crippen molar-refractivity contribution >= 4 is 22.7 Å². The molecule has 0 aliphatic carbocycles. The zero-order valence-electron chi connectivity index (χ0n) is 10.1. The molecule has 1 aromatic carbocycles. The lowest BCUT2D eigenvalue weighted by Gasteiger charge is -1.94. The topological polar surface area (TPSA) is 81.1 Å². The number of nitrogens with zero attached hydrogens (tertiary/aromatic N) is 2. The highest BCUT2D eigenvalue weighted by Gasteiger charge is 1.97. The van der Waals surface area contributed by atoms with Gasteiger partial charge in [0, 0.05) is 19.2 Å². The lowest BCUT2D eigenvalue weighted by atomic mass is 10.3. The molecular weight excluding hydrogens is 218 g/mol. The van der Waals surface area contributed by atoms with Crippen LogP contribution in [0.3, 0.4) is 0 Å². The van der Waals surface area contributed by atoms with Crippen LogP contribution in [0.5, 0.6) is 0 Å². The second kappa shape index (κ2) is 5.89. The van der Waals surface area contributed by atoms with Crippen LogP contribution in [0.2, 0.25) is 0 Å². The Morgan fingerprint density at radius 3 is 2.76 bits per heavy atom. The Balaban J connectivity index is 0.000000209. The van der Waals surface area contributed by atoms with Crippen molar-refractivity contribution in [3.05, 3.63) is 24.5 Å². The van der Waals surface area contributed by atoms with E-state index >= 15 is 0 Å². The molecule has 5 nitrogen and oxygen atoms in total. The van der Waals surface area contributed by atoms with Crippen molar-refractivity contribution in [2.75, 3.05) is 5.73 Å². The van der Waals surface area contributed by atoms with Gasteiger partial charge in [0.2, 0.25) is 0 Å². The van der Waals surface area contributed by atoms with Crippen LogP contribution in [0.15, 0.2) is 24.5 Å². The number of aliphatic carboxylic acids is 1. The molecule has 0 fully saturated rings. The van der Waals surface area contributed by atoms with Gasteiger partial charge in [-0.05, 0) is 24.6 Å². The molecule has 1 heterocycles. The maximum absolute atomic E-state index is 9.60. The Labute approximate surface area is 99.9 Å². The van der Waals surface area contributed by atoms with Crippen LogP contribution >= 0.6 is 0 Å². The van der Waals surface area contributed by atoms with Gasteiger partial charge in [0.05, 0.1) is 17.4 Å². The van der Waals surface area contributed by atoms with Gasteiger partial charge >= 0.3 is 5.97 Å². The number of benzene rings is 1. The molecule has 17 heavy (non-hydrogen) atoms. The number of aromatic nitrogens is 2. The van der Waals surface area contributed by atoms with E-state index in [1.165, 1.54) is 0 Å². The lowest BCUT2D eigenvalue weighted by molar-refractivity contribution is -0.137. The number of carbonyl (C=O) groups is 1. The Morgan fingerprint density at radius 1 is 1.53 bits per heavy atom. The number of hydrogen-bond donors (Lipinski definition) is 2. The molecule has 5 heteroatoms. The number of anilines is 1. The summed E-state index contributed by atoms with van der Waals surface area (Å²) in [6.45, 7) is 1.84. The Hall–Kier alpha value is -2.04. The monoisotopic (exact) mass is 235 g/mol. The van der Waals surface area contributed by atoms with Crippen molar-refractivity contribution in [3.63, 3.8) is 0 Å². The number of aryl methyl sites for hydroxylation is 1. The maximum Gasteiger partial charge on any atom is 0.303 e. The molecule has 0 aliphatic rings. The van der Waals surface area contributed by atoms with Crippen LogP contribution in [-0.2, 0) is 11.8 Å². The third kappa shape index (κ3) is 3.79. The molecule has 2 rings (SSSR count). The fourth-order valence-corrected chi connectivity index (χ4v) is 1.37. The van der Waals surface area contributed by atoms with Crippen LogP contribution in [-0.4, -0.2) is 20.6 Å². The molecule has 0 bridgehead atoms. The minimum atomic E-state index is -0.711. The number of hydrogen-bond acceptors (Lipinski definition) is 3. The van der Waals surface area contributed by atoms with Crippen molar-refractivity contribution in [1.82, 2.24) is 9.55 Å². The zero-order valence-corrected chi connectivity index (χ0v) is 10.1. The largest absolute Gasteiger partial charge is 0.481 e. The summed E-state index contributed by atoms with van der Waals surface area (Å²) in [7, 11) is 1.96. The number of rotatable bonds is 2. The molecule has 0 amide bonds. The third-order valence-corrected chi connectivity index (χ3v) is 2.21. The van der Waals surface area contributed by atoms with Crippen molar-refractivity contribution in [2.24, 2.45) is 7.05 Å². The summed E-state index contributed by atoms with van der Waals surface area (Å²) >= 11 is 0. The first-order valence-electron chi connectivity index (χ1n) is 5.43. The summed E-state index contributed by atoms with van der Waals surface area (Å²) < 4.78 is 1.97. The maximum atomic E-state index is 9.60. The summed E-state index contributed by atoms with van der Waals surface area (Å²) in [4.78, 5) is 13.8. The van der Waals surface area contributed by atoms with E-state index in [4.69, 9.17) is 10.8 Å². The van der Waals surface area contributed by atoms with Gasteiger partial charge in [-0.15, -0.1) is 0 Å². The van der Waals surface area contributed by atoms with Crippen LogP contribution in [0.25, 0.3) is 11.0 Å². The highest BCUT2D eigenvalue weighted by Crippen LogP contribution is 2.14. The highest BCUT2D eigenvalue weighted by atomic mass is 16.4. The summed E-state index contributed by atoms with van der Waals surface area (Å²) in [5.41, 5.74) is 8.41. The van der Waals surface area contributed by atoms with E-state index in [0.29, 0.717) is 6.42 Å². The summed E-state index contributed by atoms with van der Waals surface area (Å²) in [5.74, 6) is -0.711. The average Bonchev–Trinajstić information content (AvgIpc) is 2.60. The van der Waals surface area contributed by atoms with E-state index in [-0.39, 0.29) is 0 Å². The van der Waals surface area contributed by atoms with Gasteiger partial charge in [0.1, 0.15) is 0 Å². The van der Waals surface area contributed by atoms with Gasteiger partial charge in [0.15, 0.2) is 0 Å². The molecule has 0 saturated carbocycles. The van der Waals surface area contributed by atoms with Crippen molar-refractivity contribution < 1.29 is 9.90 Å². The number of carboxylic acid groups (broad SMARTS) is 1. The lowest BCUT2D eigenvalue weighted by Crippen LogP contribution is -1.90. The number of fused-ring (bicyclic) bond motifs is 1. The van der Waals surface area contributed by atoms with Gasteiger partial charge < -0.3 is 15.4 Å². The van der Waals surface area contributed by atoms with E-state index < -0.39 is 5.97 Å². The van der Waals surface area contributed by atoms with Crippen LogP contribution in [0.4, 0.5) is 5.69 Å². The van der Waals surface area contributed by atoms with Crippen LogP contribution in [0, 0.1) is 0 Å². The smallest absolute Gasteiger partial charge is 0.303 e. The Bertz CT molecular complexity index is 505. The fraction of sp³-hybridized carbons (Fsp3) is 0.333. The first-order chi connectivity index (χ1) is 8.04. The number of nitrogen functional groups attached to an aromatic ring is 1. The van der Waals surface area contributed by atoms with Crippen molar-refractivity contribution in [1.29, 1.82) is 0 Å². The molecule has 0 spiro atoms. The van der Waals surface area contributed by atoms with E-state index in [2.05, 4.69) is 4.98 Å².